The third-order valence-electron chi connectivity index (χ3n) is 5.38. The van der Waals surface area contributed by atoms with Crippen molar-refractivity contribution in [2.24, 2.45) is 10.5 Å². The van der Waals surface area contributed by atoms with Crippen LogP contribution in [0.25, 0.3) is 0 Å². The Hall–Kier alpha value is -4.22. The maximum atomic E-state index is 12.2. The zero-order chi connectivity index (χ0) is 26.7. The molecule has 1 amide bonds. The largest absolute Gasteiger partial charge is 0.477 e. The first-order valence-corrected chi connectivity index (χ1v) is 11.1. The molecule has 12 heteroatoms. The van der Waals surface area contributed by atoms with Crippen molar-refractivity contribution >= 4 is 23.5 Å². The molecule has 3 rings (SSSR count). The fourth-order valence-corrected chi connectivity index (χ4v) is 4.19. The van der Waals surface area contributed by atoms with Crippen molar-refractivity contribution in [3.05, 3.63) is 61.7 Å². The van der Waals surface area contributed by atoms with Crippen LogP contribution in [0.4, 0.5) is 11.4 Å². The van der Waals surface area contributed by atoms with Gasteiger partial charge in [-0.3, -0.25) is 25.0 Å². The number of carbonyl (C=O) groups is 1. The molecule has 0 saturated carbocycles. The van der Waals surface area contributed by atoms with Gasteiger partial charge in [0, 0.05) is 6.07 Å². The molecule has 0 spiro atoms. The zero-order valence-electron chi connectivity index (χ0n) is 20.7. The highest BCUT2D eigenvalue weighted by Gasteiger charge is 2.30. The summed E-state index contributed by atoms with van der Waals surface area (Å²) in [6, 6.07) is 7.28. The van der Waals surface area contributed by atoms with E-state index in [0.29, 0.717) is 5.75 Å². The number of rotatable bonds is 9. The van der Waals surface area contributed by atoms with Gasteiger partial charge in [0.25, 0.3) is 11.6 Å². The molecule has 0 fully saturated rings. The third-order valence-corrected chi connectivity index (χ3v) is 5.38. The molecule has 2 aromatic rings. The lowest BCUT2D eigenvalue weighted by Crippen LogP contribution is -2.26. The summed E-state index contributed by atoms with van der Waals surface area (Å²) < 4.78 is 15.7. The summed E-state index contributed by atoms with van der Waals surface area (Å²) in [7, 11) is 0. The van der Waals surface area contributed by atoms with E-state index >= 15 is 0 Å². The second-order valence-corrected chi connectivity index (χ2v) is 10.2. The Kier molecular flexibility index (Phi) is 7.46. The van der Waals surface area contributed by atoms with Crippen molar-refractivity contribution in [3.8, 4) is 17.2 Å². The quantitative estimate of drug-likeness (QED) is 0.300. The average molecular weight is 501 g/mol. The lowest BCUT2D eigenvalue weighted by atomic mass is 9.72. The number of nitro benzene ring substituents is 2. The van der Waals surface area contributed by atoms with Crippen molar-refractivity contribution < 1.29 is 28.9 Å². The molecule has 1 aliphatic rings. The van der Waals surface area contributed by atoms with E-state index in [0.717, 1.165) is 18.2 Å². The van der Waals surface area contributed by atoms with E-state index in [2.05, 4.69) is 31.3 Å². The number of ether oxygens (including phenoxy) is 3. The lowest BCUT2D eigenvalue weighted by molar-refractivity contribution is -0.385. The summed E-state index contributed by atoms with van der Waals surface area (Å²) >= 11 is 0. The van der Waals surface area contributed by atoms with Crippen molar-refractivity contribution in [2.45, 2.75) is 46.5 Å². The van der Waals surface area contributed by atoms with Crippen molar-refractivity contribution in [1.29, 1.82) is 0 Å². The summed E-state index contributed by atoms with van der Waals surface area (Å²) in [4.78, 5) is 34.0. The van der Waals surface area contributed by atoms with Crippen LogP contribution in [0.15, 0.2) is 35.4 Å². The first-order valence-electron chi connectivity index (χ1n) is 11.1. The van der Waals surface area contributed by atoms with E-state index in [1.165, 1.54) is 24.3 Å². The minimum Gasteiger partial charge on any atom is -0.477 e. The number of hydrogen-bond donors (Lipinski definition) is 1. The van der Waals surface area contributed by atoms with Crippen LogP contribution in [0.3, 0.4) is 0 Å². The number of fused-ring (bicyclic) bond motifs is 1. The van der Waals surface area contributed by atoms with E-state index in [9.17, 15) is 25.0 Å². The van der Waals surface area contributed by atoms with E-state index in [-0.39, 0.29) is 46.1 Å². The summed E-state index contributed by atoms with van der Waals surface area (Å²) in [5, 5.41) is 26.7. The first kappa shape index (κ1) is 26.4. The predicted octanol–water partition coefficient (Wildman–Crippen LogP) is 4.47. The Labute approximate surface area is 207 Å². The van der Waals surface area contributed by atoms with Crippen LogP contribution in [-0.4, -0.2) is 35.4 Å². The Morgan fingerprint density at radius 3 is 2.31 bits per heavy atom. The second kappa shape index (κ2) is 10.2. The van der Waals surface area contributed by atoms with Gasteiger partial charge in [0.2, 0.25) is 6.79 Å². The number of carbonyl (C=O) groups excluding carboxylic acids is 1. The highest BCUT2D eigenvalue weighted by atomic mass is 16.7. The molecule has 0 atom stereocenters. The molecule has 2 aromatic carbocycles. The molecule has 12 nitrogen and oxygen atoms in total. The lowest BCUT2D eigenvalue weighted by Gasteiger charge is -2.33. The predicted molar refractivity (Wildman–Crippen MR) is 131 cm³/mol. The molecule has 0 aliphatic carbocycles. The summed E-state index contributed by atoms with van der Waals surface area (Å²) in [5.74, 6) is -0.203. The SMILES string of the molecule is CC(C)(C)CC(C)(C)c1ccc(OCC(=O)N/N=C\c2cc3c(cc2[N+](=O)[O-])OCO3)c([N+](=O)[O-])c1. The Morgan fingerprint density at radius 2 is 1.69 bits per heavy atom. The molecule has 1 N–H and O–H groups in total. The molecule has 0 aromatic heterocycles. The smallest absolute Gasteiger partial charge is 0.311 e. The van der Waals surface area contributed by atoms with E-state index < -0.39 is 22.4 Å². The highest BCUT2D eigenvalue weighted by Crippen LogP contribution is 2.40. The number of hydrogen-bond acceptors (Lipinski definition) is 9. The topological polar surface area (TPSA) is 155 Å². The number of nitro groups is 2. The molecule has 1 heterocycles. The van der Waals surface area contributed by atoms with Gasteiger partial charge in [-0.2, -0.15) is 5.10 Å². The van der Waals surface area contributed by atoms with E-state index in [1.807, 2.05) is 13.8 Å². The van der Waals surface area contributed by atoms with Crippen LogP contribution in [-0.2, 0) is 10.2 Å². The highest BCUT2D eigenvalue weighted by molar-refractivity contribution is 5.88. The summed E-state index contributed by atoms with van der Waals surface area (Å²) in [5.41, 5.74) is 2.25. The molecule has 0 radical (unpaired) electrons. The Morgan fingerprint density at radius 1 is 1.06 bits per heavy atom. The second-order valence-electron chi connectivity index (χ2n) is 10.2. The standard InChI is InChI=1S/C24H28N4O8/c1-23(2,3)13-24(4,5)16-6-7-19(18(9-16)28(32)33)34-12-22(29)26-25-11-15-8-20-21(36-14-35-20)10-17(15)27(30)31/h6-11H,12-14H2,1-5H3,(H,26,29)/b25-11-. The number of hydrazone groups is 1. The number of nitrogens with zero attached hydrogens (tertiary/aromatic N) is 3. The molecule has 192 valence electrons. The number of benzene rings is 2. The van der Waals surface area contributed by atoms with Crippen LogP contribution >= 0.6 is 0 Å². The fraction of sp³-hybridized carbons (Fsp3) is 0.417. The van der Waals surface area contributed by atoms with E-state index in [1.54, 1.807) is 6.07 Å². The average Bonchev–Trinajstić information content (AvgIpc) is 3.22. The number of nitrogens with one attached hydrogen (secondary N) is 1. The molecule has 0 unspecified atom stereocenters. The first-order chi connectivity index (χ1) is 16.8. The molecule has 0 saturated heterocycles. The van der Waals surface area contributed by atoms with Gasteiger partial charge in [-0.1, -0.05) is 40.7 Å². The molecular weight excluding hydrogens is 472 g/mol. The van der Waals surface area contributed by atoms with Gasteiger partial charge >= 0.3 is 5.69 Å². The van der Waals surface area contributed by atoms with Crippen molar-refractivity contribution in [3.63, 3.8) is 0 Å². The van der Waals surface area contributed by atoms with Gasteiger partial charge < -0.3 is 14.2 Å². The fourth-order valence-electron chi connectivity index (χ4n) is 4.19. The van der Waals surface area contributed by atoms with Gasteiger partial charge in [-0.05, 0) is 34.9 Å². The van der Waals surface area contributed by atoms with Gasteiger partial charge in [0.05, 0.1) is 27.7 Å². The zero-order valence-corrected chi connectivity index (χ0v) is 20.7. The maximum absolute atomic E-state index is 12.2. The maximum Gasteiger partial charge on any atom is 0.311 e. The van der Waals surface area contributed by atoms with Crippen LogP contribution in [0, 0.1) is 25.6 Å². The molecular formula is C24H28N4O8. The normalized spacial score (nSPS) is 13.0. The summed E-state index contributed by atoms with van der Waals surface area (Å²) in [6.07, 6.45) is 1.89. The van der Waals surface area contributed by atoms with Gasteiger partial charge in [-0.25, -0.2) is 5.43 Å². The van der Waals surface area contributed by atoms with Gasteiger partial charge in [-0.15, -0.1) is 0 Å². The summed E-state index contributed by atoms with van der Waals surface area (Å²) in [6.45, 7) is 9.75. The minimum atomic E-state index is -0.707. The molecule has 36 heavy (non-hydrogen) atoms. The van der Waals surface area contributed by atoms with Gasteiger partial charge in [0.15, 0.2) is 23.9 Å². The van der Waals surface area contributed by atoms with Crippen LogP contribution in [0.2, 0.25) is 0 Å². The number of amides is 1. The Bertz CT molecular complexity index is 1220. The molecule has 1 aliphatic heterocycles. The molecule has 0 bridgehead atoms. The van der Waals surface area contributed by atoms with Crippen LogP contribution < -0.4 is 19.6 Å². The van der Waals surface area contributed by atoms with Crippen LogP contribution in [0.5, 0.6) is 17.2 Å². The van der Waals surface area contributed by atoms with Crippen molar-refractivity contribution in [2.75, 3.05) is 13.4 Å². The van der Waals surface area contributed by atoms with E-state index in [4.69, 9.17) is 14.2 Å². The van der Waals surface area contributed by atoms with Gasteiger partial charge in [0.1, 0.15) is 0 Å². The Balaban J connectivity index is 1.67. The monoisotopic (exact) mass is 500 g/mol. The third kappa shape index (κ3) is 6.46. The minimum absolute atomic E-state index is 0.0209. The van der Waals surface area contributed by atoms with Crippen LogP contribution in [0.1, 0.15) is 52.2 Å². The van der Waals surface area contributed by atoms with Crippen molar-refractivity contribution in [1.82, 2.24) is 5.43 Å².